The number of nitrogens with zero attached hydrogens (tertiary/aromatic N) is 1. The second-order valence-electron chi connectivity index (χ2n) is 4.89. The monoisotopic (exact) mass is 296 g/mol. The number of fused-ring (bicyclic) bond motifs is 1. The van der Waals surface area contributed by atoms with Crippen molar-refractivity contribution in [2.24, 2.45) is 5.73 Å². The Balaban J connectivity index is 2.00. The van der Waals surface area contributed by atoms with Crippen LogP contribution >= 0.6 is 12.2 Å². The van der Waals surface area contributed by atoms with Crippen LogP contribution in [0.3, 0.4) is 0 Å². The van der Waals surface area contributed by atoms with Crippen LogP contribution in [0.4, 0.5) is 0 Å². The number of ether oxygens (including phenoxy) is 1. The first-order valence-electron chi connectivity index (χ1n) is 6.69. The van der Waals surface area contributed by atoms with E-state index >= 15 is 0 Å². The van der Waals surface area contributed by atoms with Gasteiger partial charge in [-0.05, 0) is 30.3 Å². The number of methoxy groups -OCH3 is 1. The van der Waals surface area contributed by atoms with Gasteiger partial charge in [0.05, 0.1) is 13.7 Å². The summed E-state index contributed by atoms with van der Waals surface area (Å²) in [5.74, 6) is 0.902. The van der Waals surface area contributed by atoms with Gasteiger partial charge in [-0.15, -0.1) is 0 Å². The van der Waals surface area contributed by atoms with E-state index in [2.05, 4.69) is 29.0 Å². The second kappa shape index (κ2) is 5.58. The average molecular weight is 296 g/mol. The number of benzene rings is 2. The first-order chi connectivity index (χ1) is 10.2. The minimum atomic E-state index is 0.425. The molecule has 4 heteroatoms. The van der Waals surface area contributed by atoms with Crippen molar-refractivity contribution in [1.29, 1.82) is 0 Å². The van der Waals surface area contributed by atoms with Crippen molar-refractivity contribution in [2.45, 2.75) is 6.54 Å². The lowest BCUT2D eigenvalue weighted by atomic mass is 10.1. The molecule has 0 unspecified atom stereocenters. The van der Waals surface area contributed by atoms with Crippen molar-refractivity contribution in [2.75, 3.05) is 7.11 Å². The lowest BCUT2D eigenvalue weighted by Gasteiger charge is -2.10. The smallest absolute Gasteiger partial charge is 0.123 e. The van der Waals surface area contributed by atoms with Crippen molar-refractivity contribution in [3.05, 3.63) is 65.9 Å². The number of para-hydroxylation sites is 1. The summed E-state index contributed by atoms with van der Waals surface area (Å²) in [5.41, 5.74) is 8.88. The van der Waals surface area contributed by atoms with Gasteiger partial charge in [-0.1, -0.05) is 30.4 Å². The van der Waals surface area contributed by atoms with Crippen molar-refractivity contribution in [3.8, 4) is 5.75 Å². The highest BCUT2D eigenvalue weighted by molar-refractivity contribution is 7.80. The van der Waals surface area contributed by atoms with E-state index in [0.717, 1.165) is 34.3 Å². The van der Waals surface area contributed by atoms with Gasteiger partial charge in [-0.2, -0.15) is 0 Å². The molecule has 2 N–H and O–H groups in total. The SMILES string of the molecule is COc1ccccc1Cn1ccc2cc(C(N)=S)ccc21. The Kier molecular flexibility index (Phi) is 3.62. The third-order valence-electron chi connectivity index (χ3n) is 3.59. The summed E-state index contributed by atoms with van der Waals surface area (Å²) in [6.07, 6.45) is 2.07. The summed E-state index contributed by atoms with van der Waals surface area (Å²) < 4.78 is 7.60. The molecule has 1 aromatic heterocycles. The largest absolute Gasteiger partial charge is 0.496 e. The molecule has 0 aliphatic rings. The van der Waals surface area contributed by atoms with Crippen LogP contribution in [0.2, 0.25) is 0 Å². The number of hydrogen-bond donors (Lipinski definition) is 1. The first kappa shape index (κ1) is 13.6. The van der Waals surface area contributed by atoms with E-state index in [-0.39, 0.29) is 0 Å². The maximum Gasteiger partial charge on any atom is 0.123 e. The van der Waals surface area contributed by atoms with Crippen LogP contribution in [0.5, 0.6) is 5.75 Å². The van der Waals surface area contributed by atoms with Crippen LogP contribution < -0.4 is 10.5 Å². The number of thiocarbonyl (C=S) groups is 1. The zero-order valence-corrected chi connectivity index (χ0v) is 12.6. The zero-order valence-electron chi connectivity index (χ0n) is 11.7. The van der Waals surface area contributed by atoms with Gasteiger partial charge in [0.15, 0.2) is 0 Å². The maximum absolute atomic E-state index is 5.68. The predicted molar refractivity (Wildman–Crippen MR) is 89.9 cm³/mol. The number of nitrogens with two attached hydrogens (primary N) is 1. The Bertz CT molecular complexity index is 807. The molecular weight excluding hydrogens is 280 g/mol. The highest BCUT2D eigenvalue weighted by Crippen LogP contribution is 2.23. The van der Waals surface area contributed by atoms with Gasteiger partial charge in [-0.3, -0.25) is 0 Å². The Morgan fingerprint density at radius 2 is 2.00 bits per heavy atom. The van der Waals surface area contributed by atoms with E-state index in [1.54, 1.807) is 7.11 Å². The molecule has 106 valence electrons. The summed E-state index contributed by atoms with van der Waals surface area (Å²) in [7, 11) is 1.70. The van der Waals surface area contributed by atoms with Crippen LogP contribution in [0.25, 0.3) is 10.9 Å². The molecule has 0 saturated heterocycles. The van der Waals surface area contributed by atoms with Gasteiger partial charge in [-0.25, -0.2) is 0 Å². The number of aromatic nitrogens is 1. The fraction of sp³-hybridized carbons (Fsp3) is 0.118. The summed E-state index contributed by atoms with van der Waals surface area (Å²) in [4.78, 5) is 0.425. The molecule has 3 rings (SSSR count). The molecule has 0 aliphatic heterocycles. The molecule has 0 spiro atoms. The third-order valence-corrected chi connectivity index (χ3v) is 3.82. The van der Waals surface area contributed by atoms with Gasteiger partial charge in [0, 0.05) is 28.2 Å². The van der Waals surface area contributed by atoms with Crippen molar-refractivity contribution >= 4 is 28.1 Å². The lowest BCUT2D eigenvalue weighted by molar-refractivity contribution is 0.408. The molecule has 0 atom stereocenters. The average Bonchev–Trinajstić information content (AvgIpc) is 2.90. The molecule has 2 aromatic carbocycles. The standard InChI is InChI=1S/C17H16N2OS/c1-20-16-5-3-2-4-14(16)11-19-9-8-12-10-13(17(18)21)6-7-15(12)19/h2-10H,11H2,1H3,(H2,18,21). The maximum atomic E-state index is 5.68. The minimum Gasteiger partial charge on any atom is -0.496 e. The quantitative estimate of drug-likeness (QED) is 0.751. The Hall–Kier alpha value is -2.33. The van der Waals surface area contributed by atoms with Gasteiger partial charge in [0.2, 0.25) is 0 Å². The molecule has 0 aliphatic carbocycles. The molecule has 3 nitrogen and oxygen atoms in total. The molecular formula is C17H16N2OS. The van der Waals surface area contributed by atoms with Crippen LogP contribution in [0, 0.1) is 0 Å². The van der Waals surface area contributed by atoms with Crippen molar-refractivity contribution in [3.63, 3.8) is 0 Å². The Labute approximate surface area is 128 Å². The highest BCUT2D eigenvalue weighted by Gasteiger charge is 2.07. The van der Waals surface area contributed by atoms with Gasteiger partial charge in [0.1, 0.15) is 10.7 Å². The van der Waals surface area contributed by atoms with E-state index in [0.29, 0.717) is 4.99 Å². The molecule has 21 heavy (non-hydrogen) atoms. The third kappa shape index (κ3) is 2.62. The van der Waals surface area contributed by atoms with Crippen LogP contribution in [0.15, 0.2) is 54.7 Å². The van der Waals surface area contributed by atoms with Gasteiger partial charge < -0.3 is 15.0 Å². The van der Waals surface area contributed by atoms with E-state index < -0.39 is 0 Å². The van der Waals surface area contributed by atoms with E-state index in [1.807, 2.05) is 30.3 Å². The van der Waals surface area contributed by atoms with Crippen LogP contribution in [-0.2, 0) is 6.54 Å². The Morgan fingerprint density at radius 3 is 2.76 bits per heavy atom. The number of rotatable bonds is 4. The summed E-state index contributed by atoms with van der Waals surface area (Å²) in [6, 6.07) is 16.2. The topological polar surface area (TPSA) is 40.2 Å². The normalized spacial score (nSPS) is 10.7. The zero-order chi connectivity index (χ0) is 14.8. The highest BCUT2D eigenvalue weighted by atomic mass is 32.1. The molecule has 1 heterocycles. The van der Waals surface area contributed by atoms with Crippen molar-refractivity contribution < 1.29 is 4.74 Å². The van der Waals surface area contributed by atoms with Gasteiger partial charge in [0.25, 0.3) is 0 Å². The molecule has 0 fully saturated rings. The molecule has 3 aromatic rings. The van der Waals surface area contributed by atoms with E-state index in [9.17, 15) is 0 Å². The predicted octanol–water partition coefficient (Wildman–Crippen LogP) is 3.33. The molecule has 0 radical (unpaired) electrons. The minimum absolute atomic E-state index is 0.425. The van der Waals surface area contributed by atoms with E-state index in [1.165, 1.54) is 0 Å². The van der Waals surface area contributed by atoms with Crippen LogP contribution in [0.1, 0.15) is 11.1 Å². The fourth-order valence-corrected chi connectivity index (χ4v) is 2.64. The molecule has 0 bridgehead atoms. The summed E-state index contributed by atoms with van der Waals surface area (Å²) in [5, 5.41) is 1.13. The fourth-order valence-electron chi connectivity index (χ4n) is 2.51. The Morgan fingerprint density at radius 1 is 1.19 bits per heavy atom. The second-order valence-corrected chi connectivity index (χ2v) is 5.33. The van der Waals surface area contributed by atoms with Gasteiger partial charge >= 0.3 is 0 Å². The molecule has 0 saturated carbocycles. The summed E-state index contributed by atoms with van der Waals surface area (Å²) >= 11 is 5.02. The summed E-state index contributed by atoms with van der Waals surface area (Å²) in [6.45, 7) is 0.764. The number of hydrogen-bond acceptors (Lipinski definition) is 2. The van der Waals surface area contributed by atoms with Crippen molar-refractivity contribution in [1.82, 2.24) is 4.57 Å². The van der Waals surface area contributed by atoms with E-state index in [4.69, 9.17) is 22.7 Å². The van der Waals surface area contributed by atoms with Crippen LogP contribution in [-0.4, -0.2) is 16.7 Å². The molecule has 0 amide bonds. The first-order valence-corrected chi connectivity index (χ1v) is 7.10. The lowest BCUT2D eigenvalue weighted by Crippen LogP contribution is -2.08.